The SMILES string of the molecule is O=C(COC(=O)c1ccc(N2CCCC2)nn1)Nc1ccc(Cl)cc1. The van der Waals surface area contributed by atoms with E-state index in [1.54, 1.807) is 36.4 Å². The van der Waals surface area contributed by atoms with E-state index in [-0.39, 0.29) is 5.69 Å². The van der Waals surface area contributed by atoms with Gasteiger partial charge >= 0.3 is 5.97 Å². The lowest BCUT2D eigenvalue weighted by Gasteiger charge is -2.15. The number of aromatic nitrogens is 2. The van der Waals surface area contributed by atoms with E-state index in [2.05, 4.69) is 20.4 Å². The second-order valence-corrected chi connectivity index (χ2v) is 6.04. The summed E-state index contributed by atoms with van der Waals surface area (Å²) in [7, 11) is 0. The van der Waals surface area contributed by atoms with Gasteiger partial charge in [0.05, 0.1) is 0 Å². The van der Waals surface area contributed by atoms with Crippen molar-refractivity contribution in [2.24, 2.45) is 0 Å². The van der Waals surface area contributed by atoms with Crippen LogP contribution in [0.1, 0.15) is 23.3 Å². The molecule has 0 saturated carbocycles. The molecule has 0 unspecified atom stereocenters. The lowest BCUT2D eigenvalue weighted by atomic mass is 10.3. The average Bonchev–Trinajstić information content (AvgIpc) is 3.16. The number of esters is 1. The number of hydrogen-bond donors (Lipinski definition) is 1. The Bertz CT molecular complexity index is 743. The van der Waals surface area contributed by atoms with Crippen LogP contribution in [0.25, 0.3) is 0 Å². The van der Waals surface area contributed by atoms with Gasteiger partial charge in [-0.25, -0.2) is 4.79 Å². The number of nitrogens with one attached hydrogen (secondary N) is 1. The number of ether oxygens (including phenoxy) is 1. The van der Waals surface area contributed by atoms with Crippen LogP contribution in [0.3, 0.4) is 0 Å². The van der Waals surface area contributed by atoms with Gasteiger partial charge in [-0.05, 0) is 49.2 Å². The first kappa shape index (κ1) is 17.2. The van der Waals surface area contributed by atoms with Crippen LogP contribution in [0.15, 0.2) is 36.4 Å². The van der Waals surface area contributed by atoms with Gasteiger partial charge in [-0.3, -0.25) is 4.79 Å². The highest BCUT2D eigenvalue weighted by atomic mass is 35.5. The number of rotatable bonds is 5. The Labute approximate surface area is 149 Å². The quantitative estimate of drug-likeness (QED) is 0.825. The molecule has 0 radical (unpaired) electrons. The van der Waals surface area contributed by atoms with Crippen molar-refractivity contribution < 1.29 is 14.3 Å². The second-order valence-electron chi connectivity index (χ2n) is 5.60. The van der Waals surface area contributed by atoms with E-state index in [1.165, 1.54) is 0 Å². The molecule has 1 fully saturated rings. The maximum atomic E-state index is 11.9. The number of hydrogen-bond acceptors (Lipinski definition) is 6. The van der Waals surface area contributed by atoms with Gasteiger partial charge in [0.25, 0.3) is 5.91 Å². The first-order chi connectivity index (χ1) is 12.1. The summed E-state index contributed by atoms with van der Waals surface area (Å²) in [4.78, 5) is 25.9. The van der Waals surface area contributed by atoms with Crippen LogP contribution < -0.4 is 10.2 Å². The van der Waals surface area contributed by atoms with Gasteiger partial charge < -0.3 is 15.0 Å². The lowest BCUT2D eigenvalue weighted by Crippen LogP contribution is -2.22. The van der Waals surface area contributed by atoms with E-state index in [4.69, 9.17) is 16.3 Å². The third-order valence-corrected chi connectivity index (χ3v) is 4.00. The molecule has 0 bridgehead atoms. The van der Waals surface area contributed by atoms with Crippen LogP contribution >= 0.6 is 11.6 Å². The van der Waals surface area contributed by atoms with E-state index >= 15 is 0 Å². The average molecular weight is 361 g/mol. The largest absolute Gasteiger partial charge is 0.451 e. The number of carbonyl (C=O) groups is 2. The third-order valence-electron chi connectivity index (χ3n) is 3.75. The van der Waals surface area contributed by atoms with Crippen molar-refractivity contribution in [3.8, 4) is 0 Å². The number of halogens is 1. The monoisotopic (exact) mass is 360 g/mol. The molecular formula is C17H17ClN4O3. The fraction of sp³-hybridized carbons (Fsp3) is 0.294. The molecular weight excluding hydrogens is 344 g/mol. The van der Waals surface area contributed by atoms with Crippen LogP contribution in [0.4, 0.5) is 11.5 Å². The van der Waals surface area contributed by atoms with E-state index < -0.39 is 18.5 Å². The van der Waals surface area contributed by atoms with Crippen molar-refractivity contribution in [1.82, 2.24) is 10.2 Å². The predicted molar refractivity (Wildman–Crippen MR) is 93.8 cm³/mol. The topological polar surface area (TPSA) is 84.4 Å². The fourth-order valence-corrected chi connectivity index (χ4v) is 2.61. The van der Waals surface area contributed by atoms with Crippen molar-refractivity contribution in [1.29, 1.82) is 0 Å². The highest BCUT2D eigenvalue weighted by Gasteiger charge is 2.16. The van der Waals surface area contributed by atoms with Crippen LogP contribution in [0.5, 0.6) is 0 Å². The third kappa shape index (κ3) is 4.67. The molecule has 3 rings (SSSR count). The number of carbonyl (C=O) groups excluding carboxylic acids is 2. The van der Waals surface area contributed by atoms with Crippen LogP contribution in [0.2, 0.25) is 5.02 Å². The van der Waals surface area contributed by atoms with Crippen LogP contribution in [0, 0.1) is 0 Å². The van der Waals surface area contributed by atoms with E-state index in [9.17, 15) is 9.59 Å². The molecule has 8 heteroatoms. The van der Waals surface area contributed by atoms with Crippen molar-refractivity contribution in [3.63, 3.8) is 0 Å². The van der Waals surface area contributed by atoms with Gasteiger partial charge in [-0.15, -0.1) is 10.2 Å². The zero-order valence-corrected chi connectivity index (χ0v) is 14.2. The molecule has 1 aromatic carbocycles. The zero-order valence-electron chi connectivity index (χ0n) is 13.4. The molecule has 2 heterocycles. The Morgan fingerprint density at radius 2 is 1.80 bits per heavy atom. The Kier molecular flexibility index (Phi) is 5.45. The lowest BCUT2D eigenvalue weighted by molar-refractivity contribution is -0.119. The zero-order chi connectivity index (χ0) is 17.6. The van der Waals surface area contributed by atoms with E-state index in [0.29, 0.717) is 10.7 Å². The number of benzene rings is 1. The first-order valence-electron chi connectivity index (χ1n) is 7.93. The summed E-state index contributed by atoms with van der Waals surface area (Å²) in [6.07, 6.45) is 2.27. The number of amides is 1. The smallest absolute Gasteiger partial charge is 0.359 e. The summed E-state index contributed by atoms with van der Waals surface area (Å²) in [5.74, 6) is -0.390. The molecule has 25 heavy (non-hydrogen) atoms. The molecule has 1 N–H and O–H groups in total. The summed E-state index contributed by atoms with van der Waals surface area (Å²) in [6, 6.07) is 9.92. The molecule has 1 saturated heterocycles. The van der Waals surface area contributed by atoms with Gasteiger partial charge in [0.15, 0.2) is 18.1 Å². The van der Waals surface area contributed by atoms with Gasteiger partial charge in [0.1, 0.15) is 0 Å². The molecule has 1 aliphatic heterocycles. The fourth-order valence-electron chi connectivity index (χ4n) is 2.48. The summed E-state index contributed by atoms with van der Waals surface area (Å²) in [5.41, 5.74) is 0.641. The van der Waals surface area contributed by atoms with Gasteiger partial charge in [0, 0.05) is 23.8 Å². The van der Waals surface area contributed by atoms with Crippen molar-refractivity contribution in [2.75, 3.05) is 29.9 Å². The van der Waals surface area contributed by atoms with Crippen LogP contribution in [-0.4, -0.2) is 41.8 Å². The standard InChI is InChI=1S/C17H17ClN4O3/c18-12-3-5-13(6-4-12)19-16(23)11-25-17(24)14-7-8-15(21-20-14)22-9-1-2-10-22/h3-8H,1-2,9-11H2,(H,19,23). The summed E-state index contributed by atoms with van der Waals surface area (Å²) in [6.45, 7) is 1.49. The normalized spacial score (nSPS) is 13.6. The van der Waals surface area contributed by atoms with Gasteiger partial charge in [-0.2, -0.15) is 0 Å². The predicted octanol–water partition coefficient (Wildman–Crippen LogP) is 2.53. The highest BCUT2D eigenvalue weighted by Crippen LogP contribution is 2.17. The van der Waals surface area contributed by atoms with Crippen molar-refractivity contribution in [2.45, 2.75) is 12.8 Å². The minimum absolute atomic E-state index is 0.0715. The molecule has 1 aromatic heterocycles. The van der Waals surface area contributed by atoms with E-state index in [1.807, 2.05) is 0 Å². The van der Waals surface area contributed by atoms with Crippen molar-refractivity contribution in [3.05, 3.63) is 47.1 Å². The number of anilines is 2. The van der Waals surface area contributed by atoms with Gasteiger partial charge in [-0.1, -0.05) is 11.6 Å². The minimum atomic E-state index is -0.688. The molecule has 7 nitrogen and oxygen atoms in total. The summed E-state index contributed by atoms with van der Waals surface area (Å²) in [5, 5.41) is 11.1. The maximum Gasteiger partial charge on any atom is 0.359 e. The minimum Gasteiger partial charge on any atom is -0.451 e. The molecule has 0 spiro atoms. The summed E-state index contributed by atoms with van der Waals surface area (Å²) >= 11 is 5.77. The Morgan fingerprint density at radius 1 is 1.08 bits per heavy atom. The number of nitrogens with zero attached hydrogens (tertiary/aromatic N) is 3. The Morgan fingerprint density at radius 3 is 2.44 bits per heavy atom. The molecule has 130 valence electrons. The molecule has 1 aliphatic rings. The molecule has 0 aliphatic carbocycles. The second kappa shape index (κ2) is 7.94. The Hall–Kier alpha value is -2.67. The maximum absolute atomic E-state index is 11.9. The van der Waals surface area contributed by atoms with Crippen LogP contribution in [-0.2, 0) is 9.53 Å². The van der Waals surface area contributed by atoms with Crippen molar-refractivity contribution >= 4 is 35.0 Å². The highest BCUT2D eigenvalue weighted by molar-refractivity contribution is 6.30. The van der Waals surface area contributed by atoms with E-state index in [0.717, 1.165) is 31.7 Å². The van der Waals surface area contributed by atoms with Gasteiger partial charge in [0.2, 0.25) is 0 Å². The Balaban J connectivity index is 1.49. The first-order valence-corrected chi connectivity index (χ1v) is 8.31. The molecule has 2 aromatic rings. The molecule has 0 atom stereocenters. The summed E-state index contributed by atoms with van der Waals surface area (Å²) < 4.78 is 4.96. The molecule has 1 amide bonds.